The van der Waals surface area contributed by atoms with Gasteiger partial charge in [0.05, 0.1) is 10.7 Å². The van der Waals surface area contributed by atoms with E-state index in [0.29, 0.717) is 21.8 Å². The van der Waals surface area contributed by atoms with Crippen molar-refractivity contribution in [3.05, 3.63) is 58.1 Å². The average molecular weight is 516 g/mol. The van der Waals surface area contributed by atoms with Crippen molar-refractivity contribution >= 4 is 35.2 Å². The van der Waals surface area contributed by atoms with Gasteiger partial charge in [0.1, 0.15) is 23.9 Å². The molecule has 0 radical (unpaired) electrons. The Balaban J connectivity index is 1.96. The monoisotopic (exact) mass is 515 g/mol. The van der Waals surface area contributed by atoms with Gasteiger partial charge in [0.15, 0.2) is 0 Å². The summed E-state index contributed by atoms with van der Waals surface area (Å²) in [6, 6.07) is 8.92. The second-order valence-corrected chi connectivity index (χ2v) is 10.7. The van der Waals surface area contributed by atoms with Gasteiger partial charge in [-0.1, -0.05) is 36.7 Å². The topological polar surface area (TPSA) is 108 Å². The second kappa shape index (κ2) is 10.8. The van der Waals surface area contributed by atoms with Gasteiger partial charge in [-0.25, -0.2) is 4.79 Å². The lowest BCUT2D eigenvalue weighted by Gasteiger charge is -2.32. The minimum Gasteiger partial charge on any atom is -0.508 e. The molecule has 8 nitrogen and oxygen atoms in total. The molecule has 0 heterocycles. The van der Waals surface area contributed by atoms with Gasteiger partial charge in [-0.3, -0.25) is 9.59 Å². The maximum atomic E-state index is 13.8. The molecular formula is C27H34ClN3O5. The van der Waals surface area contributed by atoms with Crippen molar-refractivity contribution in [1.29, 1.82) is 0 Å². The molecule has 0 aliphatic heterocycles. The number of aromatic hydroxyl groups is 1. The molecular weight excluding hydrogens is 482 g/mol. The van der Waals surface area contributed by atoms with E-state index in [9.17, 15) is 19.5 Å². The summed E-state index contributed by atoms with van der Waals surface area (Å²) in [6.07, 6.45) is 0.0113. The highest BCUT2D eigenvalue weighted by molar-refractivity contribution is 6.34. The number of alkyl carbamates (subject to hydrolysis) is 1. The Bertz CT molecular complexity index is 1140. The Morgan fingerprint density at radius 1 is 1.17 bits per heavy atom. The number of nitrogens with one attached hydrogen (secondary N) is 2. The fraction of sp³-hybridized carbons (Fsp3) is 0.444. The summed E-state index contributed by atoms with van der Waals surface area (Å²) in [7, 11) is 0. The number of ether oxygens (including phenoxy) is 1. The minimum absolute atomic E-state index is 0.0871. The van der Waals surface area contributed by atoms with Crippen LogP contribution in [-0.4, -0.2) is 46.1 Å². The number of benzene rings is 2. The van der Waals surface area contributed by atoms with Gasteiger partial charge in [-0.05, 0) is 81.8 Å². The van der Waals surface area contributed by atoms with Crippen LogP contribution in [0.4, 0.5) is 10.5 Å². The zero-order valence-corrected chi connectivity index (χ0v) is 22.3. The van der Waals surface area contributed by atoms with Gasteiger partial charge >= 0.3 is 6.09 Å². The standard InChI is InChI=1S/C27H34ClN3O5/c1-15-8-7-9-19(28)23(15)30-25(34)24(18-10-11-21(32)17(3)12-18)31(20-13-16(20)2)22(33)14-29-26(35)36-27(4,5)6/h7-12,16,20,24,32H,13-14H2,1-6H3,(H,29,35)(H,30,34). The van der Waals surface area contributed by atoms with E-state index >= 15 is 0 Å². The Hall–Kier alpha value is -3.26. The van der Waals surface area contributed by atoms with E-state index in [1.165, 1.54) is 11.0 Å². The minimum atomic E-state index is -1.01. The van der Waals surface area contributed by atoms with Crippen molar-refractivity contribution in [3.63, 3.8) is 0 Å². The van der Waals surface area contributed by atoms with Crippen LogP contribution in [0.15, 0.2) is 36.4 Å². The lowest BCUT2D eigenvalue weighted by molar-refractivity contribution is -0.139. The molecule has 1 aliphatic rings. The quantitative estimate of drug-likeness (QED) is 0.475. The molecule has 2 aromatic carbocycles. The number of para-hydroxylation sites is 1. The molecule has 9 heteroatoms. The van der Waals surface area contributed by atoms with Crippen LogP contribution >= 0.6 is 11.6 Å². The number of rotatable bonds is 7. The highest BCUT2D eigenvalue weighted by Crippen LogP contribution is 2.41. The fourth-order valence-corrected chi connectivity index (χ4v) is 4.30. The number of hydrogen-bond acceptors (Lipinski definition) is 5. The van der Waals surface area contributed by atoms with Crippen LogP contribution in [-0.2, 0) is 14.3 Å². The number of amides is 3. The number of aryl methyl sites for hydroxylation is 2. The largest absolute Gasteiger partial charge is 0.508 e. The Labute approximate surface area is 217 Å². The molecule has 0 saturated heterocycles. The summed E-state index contributed by atoms with van der Waals surface area (Å²) in [6.45, 7) is 10.4. The molecule has 0 bridgehead atoms. The third-order valence-corrected chi connectivity index (χ3v) is 6.34. The normalized spacial score (nSPS) is 17.6. The molecule has 3 unspecified atom stereocenters. The predicted molar refractivity (Wildman–Crippen MR) is 139 cm³/mol. The van der Waals surface area contributed by atoms with E-state index in [2.05, 4.69) is 10.6 Å². The highest BCUT2D eigenvalue weighted by atomic mass is 35.5. The van der Waals surface area contributed by atoms with Gasteiger partial charge in [0.2, 0.25) is 5.91 Å². The summed E-state index contributed by atoms with van der Waals surface area (Å²) in [4.78, 5) is 41.0. The molecule has 1 saturated carbocycles. The first kappa shape index (κ1) is 27.3. The molecule has 3 atom stereocenters. The van der Waals surface area contributed by atoms with Gasteiger partial charge in [0.25, 0.3) is 5.91 Å². The van der Waals surface area contributed by atoms with Gasteiger partial charge in [-0.2, -0.15) is 0 Å². The Morgan fingerprint density at radius 3 is 2.39 bits per heavy atom. The molecule has 3 amide bonds. The van der Waals surface area contributed by atoms with Crippen molar-refractivity contribution in [2.75, 3.05) is 11.9 Å². The van der Waals surface area contributed by atoms with Gasteiger partial charge < -0.3 is 25.4 Å². The Morgan fingerprint density at radius 2 is 1.83 bits per heavy atom. The summed E-state index contributed by atoms with van der Waals surface area (Å²) in [5.41, 5.74) is 1.64. The van der Waals surface area contributed by atoms with Crippen LogP contribution in [0.2, 0.25) is 5.02 Å². The molecule has 3 rings (SSSR count). The number of nitrogens with zero attached hydrogens (tertiary/aromatic N) is 1. The lowest BCUT2D eigenvalue weighted by Crippen LogP contribution is -2.48. The molecule has 194 valence electrons. The number of carbonyl (C=O) groups excluding carboxylic acids is 3. The first-order valence-electron chi connectivity index (χ1n) is 11.9. The van der Waals surface area contributed by atoms with E-state index in [1.807, 2.05) is 19.9 Å². The Kier molecular flexibility index (Phi) is 8.19. The van der Waals surface area contributed by atoms with E-state index in [-0.39, 0.29) is 24.3 Å². The number of halogens is 1. The fourth-order valence-electron chi connectivity index (χ4n) is 4.03. The zero-order chi connectivity index (χ0) is 26.8. The number of anilines is 1. The second-order valence-electron chi connectivity index (χ2n) is 10.3. The SMILES string of the molecule is Cc1cc(C(C(=O)Nc2c(C)cccc2Cl)N(C(=O)CNC(=O)OC(C)(C)C)C2CC2C)ccc1O. The highest BCUT2D eigenvalue weighted by Gasteiger charge is 2.46. The average Bonchev–Trinajstić information content (AvgIpc) is 3.49. The van der Waals surface area contributed by atoms with E-state index in [4.69, 9.17) is 16.3 Å². The van der Waals surface area contributed by atoms with E-state index in [0.717, 1.165) is 12.0 Å². The molecule has 0 aromatic heterocycles. The molecule has 2 aromatic rings. The van der Waals surface area contributed by atoms with Crippen LogP contribution in [0.5, 0.6) is 5.75 Å². The van der Waals surface area contributed by atoms with Crippen LogP contribution in [0, 0.1) is 19.8 Å². The maximum Gasteiger partial charge on any atom is 0.408 e. The van der Waals surface area contributed by atoms with Crippen LogP contribution < -0.4 is 10.6 Å². The van der Waals surface area contributed by atoms with Crippen molar-refractivity contribution in [2.24, 2.45) is 5.92 Å². The van der Waals surface area contributed by atoms with Gasteiger partial charge in [0, 0.05) is 6.04 Å². The summed E-state index contributed by atoms with van der Waals surface area (Å²) < 4.78 is 5.25. The van der Waals surface area contributed by atoms with Crippen molar-refractivity contribution in [3.8, 4) is 5.75 Å². The summed E-state index contributed by atoms with van der Waals surface area (Å²) >= 11 is 6.36. The predicted octanol–water partition coefficient (Wildman–Crippen LogP) is 5.10. The van der Waals surface area contributed by atoms with Crippen LogP contribution in [0.25, 0.3) is 0 Å². The molecule has 3 N–H and O–H groups in total. The number of hydrogen-bond donors (Lipinski definition) is 3. The third kappa shape index (κ3) is 6.69. The van der Waals surface area contributed by atoms with E-state index < -0.39 is 29.6 Å². The number of phenolic OH excluding ortho intramolecular Hbond substituents is 1. The lowest BCUT2D eigenvalue weighted by atomic mass is 10.00. The van der Waals surface area contributed by atoms with Crippen molar-refractivity contribution in [1.82, 2.24) is 10.2 Å². The third-order valence-electron chi connectivity index (χ3n) is 6.03. The smallest absolute Gasteiger partial charge is 0.408 e. The zero-order valence-electron chi connectivity index (χ0n) is 21.5. The van der Waals surface area contributed by atoms with Gasteiger partial charge in [-0.15, -0.1) is 0 Å². The number of carbonyl (C=O) groups is 3. The molecule has 1 fully saturated rings. The van der Waals surface area contributed by atoms with Crippen molar-refractivity contribution in [2.45, 2.75) is 65.6 Å². The summed E-state index contributed by atoms with van der Waals surface area (Å²) in [5.74, 6) is -0.590. The molecule has 36 heavy (non-hydrogen) atoms. The maximum absolute atomic E-state index is 13.8. The van der Waals surface area contributed by atoms with Crippen LogP contribution in [0.1, 0.15) is 56.8 Å². The molecule has 0 spiro atoms. The number of phenols is 1. The molecule has 1 aliphatic carbocycles. The first-order chi connectivity index (χ1) is 16.8. The van der Waals surface area contributed by atoms with Crippen molar-refractivity contribution < 1.29 is 24.2 Å². The van der Waals surface area contributed by atoms with Crippen LogP contribution in [0.3, 0.4) is 0 Å². The summed E-state index contributed by atoms with van der Waals surface area (Å²) in [5, 5.41) is 15.9. The first-order valence-corrected chi connectivity index (χ1v) is 12.3. The van der Waals surface area contributed by atoms with E-state index in [1.54, 1.807) is 52.0 Å².